The second kappa shape index (κ2) is 6.65. The molecule has 0 atom stereocenters. The maximum absolute atomic E-state index is 12.8. The first-order chi connectivity index (χ1) is 12.6. The minimum Gasteiger partial charge on any atom is -0.463 e. The molecule has 0 aliphatic heterocycles. The molecule has 3 heterocycles. The van der Waals surface area contributed by atoms with Crippen molar-refractivity contribution in [2.24, 2.45) is 0 Å². The maximum Gasteiger partial charge on any atom is 0.252 e. The Kier molecular flexibility index (Phi) is 4.18. The second-order valence-electron chi connectivity index (χ2n) is 5.79. The summed E-state index contributed by atoms with van der Waals surface area (Å²) in [6.07, 6.45) is 1.56. The average Bonchev–Trinajstić information content (AvgIpc) is 3.31. The number of halogens is 1. The van der Waals surface area contributed by atoms with Gasteiger partial charge in [0, 0.05) is 11.5 Å². The number of hydrogen-bond acceptors (Lipinski definition) is 5. The highest BCUT2D eigenvalue weighted by molar-refractivity contribution is 6.35. The van der Waals surface area contributed by atoms with Crippen LogP contribution in [0.25, 0.3) is 22.4 Å². The number of benzene rings is 1. The van der Waals surface area contributed by atoms with E-state index in [0.717, 1.165) is 5.69 Å². The number of amides is 1. The monoisotopic (exact) mass is 367 g/mol. The van der Waals surface area contributed by atoms with Crippen LogP contribution in [0.3, 0.4) is 0 Å². The molecule has 0 aliphatic carbocycles. The molecule has 26 heavy (non-hydrogen) atoms. The first-order valence-corrected chi connectivity index (χ1v) is 8.33. The normalized spacial score (nSPS) is 11.0. The zero-order chi connectivity index (χ0) is 18.1. The number of rotatable bonds is 4. The minimum atomic E-state index is -0.262. The summed E-state index contributed by atoms with van der Waals surface area (Å²) in [5.41, 5.74) is 2.30. The van der Waals surface area contributed by atoms with Gasteiger partial charge in [0.2, 0.25) is 0 Å². The highest BCUT2D eigenvalue weighted by Gasteiger charge is 2.17. The van der Waals surface area contributed by atoms with Gasteiger partial charge in [0.25, 0.3) is 5.91 Å². The maximum atomic E-state index is 12.8. The first kappa shape index (κ1) is 16.4. The Balaban J connectivity index is 1.74. The van der Waals surface area contributed by atoms with Crippen molar-refractivity contribution in [3.05, 3.63) is 70.8 Å². The lowest BCUT2D eigenvalue weighted by molar-refractivity contribution is 0.0948. The van der Waals surface area contributed by atoms with Crippen LogP contribution in [0.1, 0.15) is 21.8 Å². The fraction of sp³-hybridized carbons (Fsp3) is 0.105. The molecule has 3 aromatic heterocycles. The highest BCUT2D eigenvalue weighted by atomic mass is 35.5. The van der Waals surface area contributed by atoms with Gasteiger partial charge in [0.05, 0.1) is 34.6 Å². The van der Waals surface area contributed by atoms with Crippen LogP contribution < -0.4 is 5.32 Å². The van der Waals surface area contributed by atoms with Crippen molar-refractivity contribution in [1.29, 1.82) is 0 Å². The Morgan fingerprint density at radius 3 is 2.85 bits per heavy atom. The predicted molar refractivity (Wildman–Crippen MR) is 96.9 cm³/mol. The van der Waals surface area contributed by atoms with Gasteiger partial charge in [-0.05, 0) is 31.2 Å². The van der Waals surface area contributed by atoms with E-state index in [1.807, 2.05) is 13.0 Å². The Bertz CT molecular complexity index is 1090. The van der Waals surface area contributed by atoms with Gasteiger partial charge < -0.3 is 14.3 Å². The predicted octanol–water partition coefficient (Wildman–Crippen LogP) is 4.37. The molecule has 1 aromatic carbocycles. The fourth-order valence-corrected chi connectivity index (χ4v) is 2.93. The zero-order valence-corrected chi connectivity index (χ0v) is 14.6. The number of carbonyl (C=O) groups is 1. The van der Waals surface area contributed by atoms with Crippen molar-refractivity contribution >= 4 is 28.4 Å². The van der Waals surface area contributed by atoms with Crippen molar-refractivity contribution in [3.8, 4) is 11.5 Å². The molecule has 130 valence electrons. The van der Waals surface area contributed by atoms with E-state index in [-0.39, 0.29) is 12.5 Å². The molecule has 7 heteroatoms. The summed E-state index contributed by atoms with van der Waals surface area (Å²) in [5.74, 6) is 0.881. The van der Waals surface area contributed by atoms with Gasteiger partial charge in [0.15, 0.2) is 11.5 Å². The number of carbonyl (C=O) groups excluding carboxylic acids is 1. The Hall–Kier alpha value is -3.12. The van der Waals surface area contributed by atoms with Crippen LogP contribution in [-0.4, -0.2) is 16.0 Å². The number of pyridine rings is 1. The third kappa shape index (κ3) is 3.07. The summed E-state index contributed by atoms with van der Waals surface area (Å²) in [4.78, 5) is 17.3. The largest absolute Gasteiger partial charge is 0.463 e. The third-order valence-corrected chi connectivity index (χ3v) is 4.21. The Labute approximate surface area is 153 Å². The summed E-state index contributed by atoms with van der Waals surface area (Å²) in [5, 5.41) is 7.78. The van der Waals surface area contributed by atoms with E-state index >= 15 is 0 Å². The van der Waals surface area contributed by atoms with Crippen molar-refractivity contribution in [1.82, 2.24) is 15.5 Å². The van der Waals surface area contributed by atoms with E-state index in [1.165, 1.54) is 0 Å². The van der Waals surface area contributed by atoms with Gasteiger partial charge in [-0.2, -0.15) is 0 Å². The number of fused-ring (bicyclic) bond motifs is 1. The zero-order valence-electron chi connectivity index (χ0n) is 13.8. The highest BCUT2D eigenvalue weighted by Crippen LogP contribution is 2.29. The van der Waals surface area contributed by atoms with E-state index in [9.17, 15) is 4.79 Å². The summed E-state index contributed by atoms with van der Waals surface area (Å²) in [7, 11) is 0. The SMILES string of the molecule is Cc1cc(CNC(=O)c2cc(-c3ccco3)nc3c(Cl)cccc23)on1. The topological polar surface area (TPSA) is 81.2 Å². The number of nitrogens with one attached hydrogen (secondary N) is 1. The molecule has 0 radical (unpaired) electrons. The molecule has 1 N–H and O–H groups in total. The lowest BCUT2D eigenvalue weighted by Crippen LogP contribution is -2.23. The van der Waals surface area contributed by atoms with E-state index < -0.39 is 0 Å². The average molecular weight is 368 g/mol. The molecule has 0 spiro atoms. The molecule has 0 bridgehead atoms. The quantitative estimate of drug-likeness (QED) is 0.579. The summed E-state index contributed by atoms with van der Waals surface area (Å²) >= 11 is 6.29. The van der Waals surface area contributed by atoms with E-state index in [2.05, 4.69) is 15.5 Å². The Morgan fingerprint density at radius 1 is 1.23 bits per heavy atom. The molecular weight excluding hydrogens is 354 g/mol. The molecule has 0 aliphatic rings. The van der Waals surface area contributed by atoms with Crippen LogP contribution in [0.5, 0.6) is 0 Å². The number of nitrogens with zero attached hydrogens (tertiary/aromatic N) is 2. The summed E-state index contributed by atoms with van der Waals surface area (Å²) in [6, 6.07) is 12.4. The summed E-state index contributed by atoms with van der Waals surface area (Å²) in [6.45, 7) is 2.06. The third-order valence-electron chi connectivity index (χ3n) is 3.91. The molecule has 0 fully saturated rings. The lowest BCUT2D eigenvalue weighted by Gasteiger charge is -2.10. The van der Waals surface area contributed by atoms with E-state index in [1.54, 1.807) is 42.7 Å². The van der Waals surface area contributed by atoms with Gasteiger partial charge in [-0.25, -0.2) is 4.98 Å². The van der Waals surface area contributed by atoms with Crippen LogP contribution >= 0.6 is 11.6 Å². The van der Waals surface area contributed by atoms with Crippen LogP contribution in [0, 0.1) is 6.92 Å². The van der Waals surface area contributed by atoms with Crippen LogP contribution in [0.2, 0.25) is 5.02 Å². The van der Waals surface area contributed by atoms with Crippen LogP contribution in [0.15, 0.2) is 57.7 Å². The number of para-hydroxylation sites is 1. The van der Waals surface area contributed by atoms with Gasteiger partial charge in [0.1, 0.15) is 5.69 Å². The van der Waals surface area contributed by atoms with Crippen molar-refractivity contribution in [3.63, 3.8) is 0 Å². The number of aromatic nitrogens is 2. The van der Waals surface area contributed by atoms with Crippen molar-refractivity contribution < 1.29 is 13.7 Å². The van der Waals surface area contributed by atoms with E-state index in [0.29, 0.717) is 38.7 Å². The number of hydrogen-bond donors (Lipinski definition) is 1. The van der Waals surface area contributed by atoms with Crippen LogP contribution in [-0.2, 0) is 6.54 Å². The number of aryl methyl sites for hydroxylation is 1. The first-order valence-electron chi connectivity index (χ1n) is 7.95. The molecular formula is C19H14ClN3O3. The van der Waals surface area contributed by atoms with Crippen molar-refractivity contribution in [2.75, 3.05) is 0 Å². The molecule has 4 aromatic rings. The molecule has 1 amide bonds. The number of furan rings is 1. The molecule has 0 saturated carbocycles. The van der Waals surface area contributed by atoms with Gasteiger partial charge >= 0.3 is 0 Å². The summed E-state index contributed by atoms with van der Waals surface area (Å²) < 4.78 is 10.5. The minimum absolute atomic E-state index is 0.236. The smallest absolute Gasteiger partial charge is 0.252 e. The fourth-order valence-electron chi connectivity index (χ4n) is 2.71. The van der Waals surface area contributed by atoms with Gasteiger partial charge in [-0.15, -0.1) is 0 Å². The Morgan fingerprint density at radius 2 is 2.12 bits per heavy atom. The molecule has 0 saturated heterocycles. The lowest BCUT2D eigenvalue weighted by atomic mass is 10.1. The molecule has 4 rings (SSSR count). The van der Waals surface area contributed by atoms with Crippen LogP contribution in [0.4, 0.5) is 0 Å². The standard InChI is InChI=1S/C19H14ClN3O3/c1-11-8-12(26-23-11)10-21-19(24)14-9-16(17-6-3-7-25-17)22-18-13(14)4-2-5-15(18)20/h2-9H,10H2,1H3,(H,21,24). The van der Waals surface area contributed by atoms with Gasteiger partial charge in [-0.3, -0.25) is 4.79 Å². The second-order valence-corrected chi connectivity index (χ2v) is 6.19. The van der Waals surface area contributed by atoms with Crippen molar-refractivity contribution in [2.45, 2.75) is 13.5 Å². The van der Waals surface area contributed by atoms with E-state index in [4.69, 9.17) is 20.5 Å². The molecule has 6 nitrogen and oxygen atoms in total. The molecule has 0 unspecified atom stereocenters. The van der Waals surface area contributed by atoms with Gasteiger partial charge in [-0.1, -0.05) is 28.9 Å².